The van der Waals surface area contributed by atoms with Crippen LogP contribution in [0.5, 0.6) is 0 Å². The Labute approximate surface area is 114 Å². The summed E-state index contributed by atoms with van der Waals surface area (Å²) < 4.78 is 12.2. The van der Waals surface area contributed by atoms with Crippen LogP contribution >= 0.6 is 0 Å². The summed E-state index contributed by atoms with van der Waals surface area (Å²) in [5, 5.41) is 20.2. The third kappa shape index (κ3) is 2.09. The lowest BCUT2D eigenvalue weighted by molar-refractivity contribution is 0.00223. The third-order valence-electron chi connectivity index (χ3n) is 4.21. The first kappa shape index (κ1) is 12.8. The lowest BCUT2D eigenvalue weighted by Gasteiger charge is -2.43. The lowest BCUT2D eigenvalue weighted by atomic mass is 9.81. The second kappa shape index (κ2) is 4.69. The Morgan fingerprint density at radius 1 is 1.42 bits per heavy atom. The largest absolute Gasteiger partial charge is 0.383 e. The van der Waals surface area contributed by atoms with Crippen molar-refractivity contribution >= 4 is 10.8 Å². The van der Waals surface area contributed by atoms with E-state index in [-0.39, 0.29) is 10.5 Å². The first-order chi connectivity index (χ1) is 9.14. The van der Waals surface area contributed by atoms with Crippen molar-refractivity contribution in [2.24, 2.45) is 0 Å². The van der Waals surface area contributed by atoms with Gasteiger partial charge in [-0.15, -0.1) is 0 Å². The fourth-order valence-corrected chi connectivity index (χ4v) is 5.56. The van der Waals surface area contributed by atoms with E-state index in [4.69, 9.17) is 5.26 Å². The van der Waals surface area contributed by atoms with Gasteiger partial charge in [0, 0.05) is 27.5 Å². The van der Waals surface area contributed by atoms with Crippen LogP contribution in [0, 0.1) is 11.3 Å². The van der Waals surface area contributed by atoms with Crippen LogP contribution in [-0.2, 0) is 16.4 Å². The van der Waals surface area contributed by atoms with Crippen LogP contribution in [0.1, 0.15) is 43.4 Å². The molecule has 0 spiro atoms. The number of aromatic nitrogens is 1. The van der Waals surface area contributed by atoms with Crippen LogP contribution < -0.4 is 0 Å². The van der Waals surface area contributed by atoms with E-state index in [0.29, 0.717) is 24.1 Å². The fraction of sp³-hybridized carbons (Fsp3) is 0.571. The van der Waals surface area contributed by atoms with Crippen LogP contribution in [0.15, 0.2) is 18.3 Å². The minimum atomic E-state index is -1.09. The Kier molecular flexibility index (Phi) is 3.15. The van der Waals surface area contributed by atoms with E-state index in [2.05, 4.69) is 11.1 Å². The average molecular weight is 276 g/mol. The molecule has 2 aliphatic rings. The van der Waals surface area contributed by atoms with Crippen LogP contribution in [0.2, 0.25) is 0 Å². The van der Waals surface area contributed by atoms with Crippen LogP contribution in [0.25, 0.3) is 0 Å². The second-order valence-corrected chi connectivity index (χ2v) is 7.45. The summed E-state index contributed by atoms with van der Waals surface area (Å²) in [6, 6.07) is 5.48. The zero-order chi connectivity index (χ0) is 13.5. The van der Waals surface area contributed by atoms with E-state index in [1.54, 1.807) is 18.3 Å². The van der Waals surface area contributed by atoms with Gasteiger partial charge in [-0.2, -0.15) is 5.26 Å². The van der Waals surface area contributed by atoms with Gasteiger partial charge < -0.3 is 5.11 Å². The van der Waals surface area contributed by atoms with Crippen LogP contribution in [0.3, 0.4) is 0 Å². The number of fused-ring (bicyclic) bond motifs is 2. The molecule has 2 saturated heterocycles. The topological polar surface area (TPSA) is 74.0 Å². The van der Waals surface area contributed by atoms with Crippen molar-refractivity contribution in [3.05, 3.63) is 29.6 Å². The molecule has 0 amide bonds. The van der Waals surface area contributed by atoms with E-state index >= 15 is 0 Å². The maximum Gasteiger partial charge on any atom is 0.110 e. The fourth-order valence-electron chi connectivity index (χ4n) is 3.34. The quantitative estimate of drug-likeness (QED) is 0.845. The minimum absolute atomic E-state index is 0.0473. The highest BCUT2D eigenvalue weighted by atomic mass is 32.2. The molecular weight excluding hydrogens is 260 g/mol. The molecule has 0 saturated carbocycles. The van der Waals surface area contributed by atoms with Gasteiger partial charge in [0.05, 0.1) is 11.3 Å². The van der Waals surface area contributed by atoms with Crippen molar-refractivity contribution < 1.29 is 9.32 Å². The van der Waals surface area contributed by atoms with Gasteiger partial charge in [-0.05, 0) is 37.8 Å². The highest BCUT2D eigenvalue weighted by Gasteiger charge is 2.47. The van der Waals surface area contributed by atoms with E-state index in [0.717, 1.165) is 19.3 Å². The summed E-state index contributed by atoms with van der Waals surface area (Å²) in [6.07, 6.45) is 5.42. The zero-order valence-electron chi connectivity index (χ0n) is 10.6. The van der Waals surface area contributed by atoms with Gasteiger partial charge >= 0.3 is 0 Å². The van der Waals surface area contributed by atoms with Crippen LogP contribution in [0.4, 0.5) is 0 Å². The Hall–Kier alpha value is -1.25. The molecule has 4 nitrogen and oxygen atoms in total. The Bertz CT molecular complexity index is 551. The zero-order valence-corrected chi connectivity index (χ0v) is 11.4. The summed E-state index contributed by atoms with van der Waals surface area (Å²) in [4.78, 5) is 4.23. The molecule has 1 N–H and O–H groups in total. The standard InChI is InChI=1S/C14H16N2O2S/c15-9-10-3-2-6-16-13(10)14(17)7-11-4-1-5-12(8-14)19(11)18/h2-3,6,11-12,17H,1,4-5,7-8H2. The Balaban J connectivity index is 2.00. The second-order valence-electron chi connectivity index (χ2n) is 5.45. The van der Waals surface area contributed by atoms with E-state index < -0.39 is 16.4 Å². The van der Waals surface area contributed by atoms with E-state index in [9.17, 15) is 9.32 Å². The summed E-state index contributed by atoms with van der Waals surface area (Å²) in [5.74, 6) is 0. The Morgan fingerprint density at radius 2 is 2.11 bits per heavy atom. The molecular formula is C14H16N2O2S. The monoisotopic (exact) mass is 276 g/mol. The van der Waals surface area contributed by atoms with Gasteiger partial charge in [0.15, 0.2) is 0 Å². The lowest BCUT2D eigenvalue weighted by Crippen LogP contribution is -2.48. The first-order valence-electron chi connectivity index (χ1n) is 6.61. The Morgan fingerprint density at radius 3 is 2.74 bits per heavy atom. The molecule has 3 rings (SSSR count). The highest BCUT2D eigenvalue weighted by Crippen LogP contribution is 2.44. The molecule has 2 fully saturated rings. The van der Waals surface area contributed by atoms with Crippen molar-refractivity contribution in [1.82, 2.24) is 4.98 Å². The number of aliphatic hydroxyl groups is 1. The van der Waals surface area contributed by atoms with Crippen molar-refractivity contribution in [3.8, 4) is 6.07 Å². The van der Waals surface area contributed by atoms with Crippen molar-refractivity contribution in [3.63, 3.8) is 0 Å². The first-order valence-corrected chi connectivity index (χ1v) is 7.89. The highest BCUT2D eigenvalue weighted by molar-refractivity contribution is 7.86. The number of nitriles is 1. The van der Waals surface area contributed by atoms with Gasteiger partial charge in [-0.1, -0.05) is 6.42 Å². The van der Waals surface area contributed by atoms with Gasteiger partial charge in [-0.3, -0.25) is 9.19 Å². The molecule has 2 aliphatic heterocycles. The molecule has 1 aromatic heterocycles. The van der Waals surface area contributed by atoms with Crippen molar-refractivity contribution in [1.29, 1.82) is 5.26 Å². The van der Waals surface area contributed by atoms with Gasteiger partial charge in [0.1, 0.15) is 11.7 Å². The molecule has 19 heavy (non-hydrogen) atoms. The summed E-state index contributed by atoms with van der Waals surface area (Å²) in [6.45, 7) is 0. The van der Waals surface area contributed by atoms with E-state index in [1.165, 1.54) is 0 Å². The maximum atomic E-state index is 12.2. The number of rotatable bonds is 1. The molecule has 0 radical (unpaired) electrons. The molecule has 2 unspecified atom stereocenters. The SMILES string of the molecule is N#Cc1cccnc1C1(O)CC2CCCC(C1)S2=O. The predicted molar refractivity (Wildman–Crippen MR) is 71.7 cm³/mol. The summed E-state index contributed by atoms with van der Waals surface area (Å²) in [5.41, 5.74) is -0.197. The molecule has 3 heterocycles. The van der Waals surface area contributed by atoms with E-state index in [1.807, 2.05) is 0 Å². The normalized spacial score (nSPS) is 37.6. The molecule has 2 bridgehead atoms. The minimum Gasteiger partial charge on any atom is -0.383 e. The van der Waals surface area contributed by atoms with Gasteiger partial charge in [0.2, 0.25) is 0 Å². The van der Waals surface area contributed by atoms with Crippen molar-refractivity contribution in [2.45, 2.75) is 48.2 Å². The number of hydrogen-bond acceptors (Lipinski definition) is 4. The van der Waals surface area contributed by atoms with Crippen molar-refractivity contribution in [2.75, 3.05) is 0 Å². The van der Waals surface area contributed by atoms with Gasteiger partial charge in [0.25, 0.3) is 0 Å². The van der Waals surface area contributed by atoms with Gasteiger partial charge in [-0.25, -0.2) is 0 Å². The molecule has 100 valence electrons. The molecule has 5 heteroatoms. The predicted octanol–water partition coefficient (Wildman–Crippen LogP) is 1.60. The number of pyridine rings is 1. The molecule has 1 aromatic rings. The molecule has 0 aliphatic carbocycles. The summed E-state index contributed by atoms with van der Waals surface area (Å²) >= 11 is 0. The number of nitrogens with zero attached hydrogens (tertiary/aromatic N) is 2. The number of hydrogen-bond donors (Lipinski definition) is 1. The molecule has 2 atom stereocenters. The third-order valence-corrected chi connectivity index (χ3v) is 6.33. The van der Waals surface area contributed by atoms with Crippen LogP contribution in [-0.4, -0.2) is 24.8 Å². The summed E-state index contributed by atoms with van der Waals surface area (Å²) in [7, 11) is -0.836. The maximum absolute atomic E-state index is 12.2. The molecule has 0 aromatic carbocycles. The smallest absolute Gasteiger partial charge is 0.110 e. The average Bonchev–Trinajstić information content (AvgIpc) is 2.41.